The zero-order chi connectivity index (χ0) is 25.7. The van der Waals surface area contributed by atoms with Gasteiger partial charge in [-0.25, -0.2) is 0 Å². The quantitative estimate of drug-likeness (QED) is 0.356. The molecule has 0 bridgehead atoms. The van der Waals surface area contributed by atoms with Crippen LogP contribution in [0.3, 0.4) is 0 Å². The number of fused-ring (bicyclic) bond motifs is 1. The minimum absolute atomic E-state index is 0.113. The molecular formula is C26H33N3O7. The SMILES string of the molecule is COc1ccc2c(C(=O)C(=O)N(CC(=O)O)[C@@H](C(=O)NC3CCOCC3)C3CCCCC3)c[nH]c2c1. The van der Waals surface area contributed by atoms with E-state index < -0.39 is 36.2 Å². The lowest BCUT2D eigenvalue weighted by molar-refractivity contribution is -0.148. The van der Waals surface area contributed by atoms with Gasteiger partial charge < -0.3 is 29.8 Å². The summed E-state index contributed by atoms with van der Waals surface area (Å²) in [6.07, 6.45) is 6.91. The van der Waals surface area contributed by atoms with Gasteiger partial charge in [-0.05, 0) is 43.7 Å². The average Bonchev–Trinajstić information content (AvgIpc) is 3.31. The molecule has 10 nitrogen and oxygen atoms in total. The van der Waals surface area contributed by atoms with E-state index in [-0.39, 0.29) is 17.5 Å². The third-order valence-corrected chi connectivity index (χ3v) is 7.16. The van der Waals surface area contributed by atoms with Gasteiger partial charge in [0.25, 0.3) is 11.7 Å². The molecule has 2 aromatic rings. The Labute approximate surface area is 209 Å². The smallest absolute Gasteiger partial charge is 0.323 e. The molecule has 1 atom stereocenters. The summed E-state index contributed by atoms with van der Waals surface area (Å²) in [7, 11) is 1.53. The number of H-pyrrole nitrogens is 1. The Balaban J connectivity index is 1.65. The second-order valence-electron chi connectivity index (χ2n) is 9.51. The molecule has 1 aromatic carbocycles. The van der Waals surface area contributed by atoms with Crippen LogP contribution < -0.4 is 10.1 Å². The lowest BCUT2D eigenvalue weighted by Crippen LogP contribution is -2.58. The van der Waals surface area contributed by atoms with Crippen LogP contribution in [-0.2, 0) is 19.1 Å². The van der Waals surface area contributed by atoms with Gasteiger partial charge in [-0.3, -0.25) is 19.2 Å². The summed E-state index contributed by atoms with van der Waals surface area (Å²) in [5, 5.41) is 13.2. The summed E-state index contributed by atoms with van der Waals surface area (Å²) in [6.45, 7) is 0.324. The molecule has 1 saturated heterocycles. The first-order valence-corrected chi connectivity index (χ1v) is 12.5. The number of hydrogen-bond acceptors (Lipinski definition) is 6. The van der Waals surface area contributed by atoms with Crippen LogP contribution in [0.5, 0.6) is 5.75 Å². The van der Waals surface area contributed by atoms with Crippen molar-refractivity contribution in [2.24, 2.45) is 5.92 Å². The maximum Gasteiger partial charge on any atom is 0.323 e. The highest BCUT2D eigenvalue weighted by Crippen LogP contribution is 2.31. The third kappa shape index (κ3) is 5.70. The number of nitrogens with one attached hydrogen (secondary N) is 2. The molecule has 0 radical (unpaired) electrons. The molecule has 2 aliphatic rings. The highest BCUT2D eigenvalue weighted by Gasteiger charge is 2.41. The fourth-order valence-electron chi connectivity index (χ4n) is 5.30. The number of rotatable bonds is 9. The number of ether oxygens (including phenoxy) is 2. The Morgan fingerprint density at radius 1 is 1.14 bits per heavy atom. The lowest BCUT2D eigenvalue weighted by Gasteiger charge is -2.37. The minimum Gasteiger partial charge on any atom is -0.497 e. The van der Waals surface area contributed by atoms with Gasteiger partial charge in [-0.2, -0.15) is 0 Å². The molecule has 10 heteroatoms. The van der Waals surface area contributed by atoms with Crippen LogP contribution in [0, 0.1) is 5.92 Å². The van der Waals surface area contributed by atoms with E-state index in [4.69, 9.17) is 9.47 Å². The number of carbonyl (C=O) groups is 4. The highest BCUT2D eigenvalue weighted by atomic mass is 16.5. The fraction of sp³-hybridized carbons (Fsp3) is 0.538. The number of aromatic amines is 1. The van der Waals surface area contributed by atoms with Gasteiger partial charge in [0.2, 0.25) is 5.91 Å². The number of carbonyl (C=O) groups excluding carboxylic acids is 3. The van der Waals surface area contributed by atoms with Crippen LogP contribution in [0.1, 0.15) is 55.3 Å². The van der Waals surface area contributed by atoms with Gasteiger partial charge >= 0.3 is 5.97 Å². The minimum atomic E-state index is -1.28. The van der Waals surface area contributed by atoms with Crippen LogP contribution in [0.2, 0.25) is 0 Å². The molecule has 1 aromatic heterocycles. The van der Waals surface area contributed by atoms with Crippen LogP contribution in [-0.4, -0.2) is 77.5 Å². The molecule has 36 heavy (non-hydrogen) atoms. The number of hydrogen-bond donors (Lipinski definition) is 3. The number of aliphatic carboxylic acids is 1. The molecule has 0 unspecified atom stereocenters. The van der Waals surface area contributed by atoms with Crippen molar-refractivity contribution in [2.45, 2.75) is 57.0 Å². The highest BCUT2D eigenvalue weighted by molar-refractivity contribution is 6.45. The third-order valence-electron chi connectivity index (χ3n) is 7.16. The largest absolute Gasteiger partial charge is 0.497 e. The number of benzene rings is 1. The first kappa shape index (κ1) is 25.7. The van der Waals surface area contributed by atoms with Gasteiger partial charge in [-0.1, -0.05) is 19.3 Å². The van der Waals surface area contributed by atoms with Crippen molar-refractivity contribution in [3.63, 3.8) is 0 Å². The first-order valence-electron chi connectivity index (χ1n) is 12.5. The second kappa shape index (κ2) is 11.6. The zero-order valence-corrected chi connectivity index (χ0v) is 20.5. The standard InChI is InChI=1S/C26H33N3O7/c1-35-18-7-8-19-20(14-27-21(19)13-18)24(32)26(34)29(15-22(30)31)23(16-5-3-2-4-6-16)25(33)28-17-9-11-36-12-10-17/h7-8,13-14,16-17,23,27H,2-6,9-12,15H2,1H3,(H,28,33)(H,30,31)/t23-/m1/s1. The van der Waals surface area contributed by atoms with Crippen molar-refractivity contribution < 1.29 is 33.8 Å². The number of methoxy groups -OCH3 is 1. The lowest BCUT2D eigenvalue weighted by atomic mass is 9.82. The number of nitrogens with zero attached hydrogens (tertiary/aromatic N) is 1. The molecule has 1 aliphatic heterocycles. The van der Waals surface area contributed by atoms with Crippen LogP contribution in [0.4, 0.5) is 0 Å². The number of carboxylic acid groups (broad SMARTS) is 1. The van der Waals surface area contributed by atoms with Crippen LogP contribution in [0.15, 0.2) is 24.4 Å². The van der Waals surface area contributed by atoms with Gasteiger partial charge in [0.1, 0.15) is 18.3 Å². The molecule has 194 valence electrons. The Morgan fingerprint density at radius 2 is 1.86 bits per heavy atom. The summed E-state index contributed by atoms with van der Waals surface area (Å²) in [5.41, 5.74) is 0.733. The molecule has 2 fully saturated rings. The predicted molar refractivity (Wildman–Crippen MR) is 131 cm³/mol. The molecule has 0 spiro atoms. The maximum absolute atomic E-state index is 13.6. The number of amides is 2. The molecule has 2 heterocycles. The van der Waals surface area contributed by atoms with E-state index in [1.807, 2.05) is 0 Å². The zero-order valence-electron chi connectivity index (χ0n) is 20.5. The number of Topliss-reactive ketones (excluding diaryl/α,β-unsaturated/α-hetero) is 1. The topological polar surface area (TPSA) is 138 Å². The summed E-state index contributed by atoms with van der Waals surface area (Å²) in [5.74, 6) is -3.16. The maximum atomic E-state index is 13.6. The van der Waals surface area contributed by atoms with Gasteiger partial charge in [0.05, 0.1) is 12.7 Å². The number of carboxylic acids is 1. The van der Waals surface area contributed by atoms with Gasteiger partial charge in [0, 0.05) is 42.4 Å². The summed E-state index contributed by atoms with van der Waals surface area (Å²) in [4.78, 5) is 56.3. The van der Waals surface area contributed by atoms with Crippen molar-refractivity contribution in [3.8, 4) is 5.75 Å². The van der Waals surface area contributed by atoms with E-state index in [0.29, 0.717) is 55.5 Å². The molecule has 1 saturated carbocycles. The van der Waals surface area contributed by atoms with E-state index in [9.17, 15) is 24.3 Å². The van der Waals surface area contributed by atoms with E-state index in [0.717, 1.165) is 24.2 Å². The predicted octanol–water partition coefficient (Wildman–Crippen LogP) is 2.52. The second-order valence-corrected chi connectivity index (χ2v) is 9.51. The Morgan fingerprint density at radius 3 is 2.53 bits per heavy atom. The van der Waals surface area contributed by atoms with Crippen molar-refractivity contribution in [2.75, 3.05) is 26.9 Å². The normalized spacial score (nSPS) is 17.9. The van der Waals surface area contributed by atoms with E-state index >= 15 is 0 Å². The number of aromatic nitrogens is 1. The Bertz CT molecular complexity index is 1120. The summed E-state index contributed by atoms with van der Waals surface area (Å²) >= 11 is 0. The van der Waals surface area contributed by atoms with Crippen LogP contribution in [0.25, 0.3) is 10.9 Å². The fourth-order valence-corrected chi connectivity index (χ4v) is 5.30. The Kier molecular flexibility index (Phi) is 8.25. The molecular weight excluding hydrogens is 466 g/mol. The van der Waals surface area contributed by atoms with E-state index in [1.165, 1.54) is 13.3 Å². The molecule has 4 rings (SSSR count). The van der Waals surface area contributed by atoms with Crippen molar-refractivity contribution in [1.29, 1.82) is 0 Å². The summed E-state index contributed by atoms with van der Waals surface area (Å²) in [6, 6.07) is 3.91. The van der Waals surface area contributed by atoms with Crippen molar-refractivity contribution in [1.82, 2.24) is 15.2 Å². The van der Waals surface area contributed by atoms with E-state index in [1.54, 1.807) is 18.2 Å². The molecule has 1 aliphatic carbocycles. The average molecular weight is 500 g/mol. The van der Waals surface area contributed by atoms with Crippen molar-refractivity contribution >= 4 is 34.5 Å². The van der Waals surface area contributed by atoms with Gasteiger partial charge in [0.15, 0.2) is 0 Å². The molecule has 3 N–H and O–H groups in total. The first-order chi connectivity index (χ1) is 17.4. The van der Waals surface area contributed by atoms with Crippen LogP contribution >= 0.6 is 0 Å². The number of ketones is 1. The monoisotopic (exact) mass is 499 g/mol. The van der Waals surface area contributed by atoms with E-state index in [2.05, 4.69) is 10.3 Å². The van der Waals surface area contributed by atoms with Crippen molar-refractivity contribution in [3.05, 3.63) is 30.0 Å². The summed E-state index contributed by atoms with van der Waals surface area (Å²) < 4.78 is 10.6. The van der Waals surface area contributed by atoms with Gasteiger partial charge in [-0.15, -0.1) is 0 Å². The molecule has 2 amide bonds. The Hall–Kier alpha value is -3.40.